The molecule has 2 aromatic rings. The van der Waals surface area contributed by atoms with E-state index >= 15 is 0 Å². The fourth-order valence-electron chi connectivity index (χ4n) is 2.63. The van der Waals surface area contributed by atoms with Crippen LogP contribution in [0.4, 0.5) is 24.9 Å². The lowest BCUT2D eigenvalue weighted by Crippen LogP contribution is -2.47. The molecule has 0 aromatic carbocycles. The second-order valence-electron chi connectivity index (χ2n) is 6.17. The molecule has 0 spiro atoms. The van der Waals surface area contributed by atoms with Crippen LogP contribution in [-0.4, -0.2) is 46.1 Å². The predicted octanol–water partition coefficient (Wildman–Crippen LogP) is 2.74. The van der Waals surface area contributed by atoms with Gasteiger partial charge in [-0.05, 0) is 12.0 Å². The number of piperazine rings is 1. The molecule has 25 heavy (non-hydrogen) atoms. The molecule has 1 saturated heterocycles. The molecule has 0 bridgehead atoms. The van der Waals surface area contributed by atoms with E-state index in [9.17, 15) is 13.2 Å². The number of rotatable bonds is 3. The zero-order valence-electron chi connectivity index (χ0n) is 14.0. The van der Waals surface area contributed by atoms with Gasteiger partial charge in [0.15, 0.2) is 0 Å². The maximum absolute atomic E-state index is 13.1. The van der Waals surface area contributed by atoms with E-state index < -0.39 is 11.9 Å². The molecule has 0 N–H and O–H groups in total. The van der Waals surface area contributed by atoms with E-state index in [1.165, 1.54) is 0 Å². The summed E-state index contributed by atoms with van der Waals surface area (Å²) in [6, 6.07) is 1.03. The van der Waals surface area contributed by atoms with Gasteiger partial charge in [0.1, 0.15) is 11.5 Å². The van der Waals surface area contributed by atoms with Gasteiger partial charge in [0.2, 0.25) is 5.95 Å². The van der Waals surface area contributed by atoms with Gasteiger partial charge in [-0.25, -0.2) is 15.0 Å². The predicted molar refractivity (Wildman–Crippen MR) is 87.6 cm³/mol. The average molecular weight is 352 g/mol. The van der Waals surface area contributed by atoms with Crippen molar-refractivity contribution in [1.29, 1.82) is 0 Å². The Hall–Kier alpha value is -2.45. The highest BCUT2D eigenvalue weighted by molar-refractivity contribution is 5.41. The number of anilines is 2. The molecule has 0 aliphatic carbocycles. The van der Waals surface area contributed by atoms with E-state index in [1.54, 1.807) is 23.5 Å². The summed E-state index contributed by atoms with van der Waals surface area (Å²) in [7, 11) is 0. The van der Waals surface area contributed by atoms with Gasteiger partial charge in [-0.3, -0.25) is 4.98 Å². The summed E-state index contributed by atoms with van der Waals surface area (Å²) in [5, 5.41) is 0. The van der Waals surface area contributed by atoms with Crippen molar-refractivity contribution in [1.82, 2.24) is 19.9 Å². The molecule has 0 amide bonds. The van der Waals surface area contributed by atoms with Crippen molar-refractivity contribution in [3.8, 4) is 0 Å². The lowest BCUT2D eigenvalue weighted by molar-refractivity contribution is -0.141. The lowest BCUT2D eigenvalue weighted by Gasteiger charge is -2.35. The van der Waals surface area contributed by atoms with Gasteiger partial charge in [-0.1, -0.05) is 13.8 Å². The standard InChI is InChI=1S/C16H19F3N6/c1-11(2)12-9-13(16(17,18)19)23-15(22-12)25-7-5-24(6-8-25)14-10-20-3-4-21-14/h3-4,9-11H,5-8H2,1-2H3. The summed E-state index contributed by atoms with van der Waals surface area (Å²) < 4.78 is 39.4. The molecule has 0 atom stereocenters. The smallest absolute Gasteiger partial charge is 0.352 e. The van der Waals surface area contributed by atoms with Gasteiger partial charge in [-0.15, -0.1) is 0 Å². The Balaban J connectivity index is 1.79. The summed E-state index contributed by atoms with van der Waals surface area (Å²) >= 11 is 0. The molecule has 0 radical (unpaired) electrons. The minimum Gasteiger partial charge on any atom is -0.352 e. The minimum absolute atomic E-state index is 0.108. The van der Waals surface area contributed by atoms with Gasteiger partial charge in [-0.2, -0.15) is 13.2 Å². The average Bonchev–Trinajstić information content (AvgIpc) is 2.61. The molecule has 1 aliphatic rings. The maximum atomic E-state index is 13.1. The summed E-state index contributed by atoms with van der Waals surface area (Å²) in [5.74, 6) is 0.788. The van der Waals surface area contributed by atoms with Crippen molar-refractivity contribution >= 4 is 11.8 Å². The third-order valence-electron chi connectivity index (χ3n) is 4.05. The van der Waals surface area contributed by atoms with Crippen molar-refractivity contribution in [2.24, 2.45) is 0 Å². The molecule has 6 nitrogen and oxygen atoms in total. The summed E-state index contributed by atoms with van der Waals surface area (Å²) in [5.41, 5.74) is -0.494. The summed E-state index contributed by atoms with van der Waals surface area (Å²) in [6.07, 6.45) is 0.409. The van der Waals surface area contributed by atoms with E-state index in [2.05, 4.69) is 19.9 Å². The van der Waals surface area contributed by atoms with Crippen LogP contribution in [0.15, 0.2) is 24.7 Å². The lowest BCUT2D eigenvalue weighted by atomic mass is 10.1. The molecule has 0 unspecified atom stereocenters. The highest BCUT2D eigenvalue weighted by Gasteiger charge is 2.34. The first-order valence-electron chi connectivity index (χ1n) is 8.06. The first-order valence-corrected chi connectivity index (χ1v) is 8.06. The second-order valence-corrected chi connectivity index (χ2v) is 6.17. The van der Waals surface area contributed by atoms with Crippen molar-refractivity contribution in [2.45, 2.75) is 25.9 Å². The molecule has 134 valence electrons. The van der Waals surface area contributed by atoms with Crippen LogP contribution in [0, 0.1) is 0 Å². The normalized spacial score (nSPS) is 15.8. The molecule has 9 heteroatoms. The van der Waals surface area contributed by atoms with Gasteiger partial charge < -0.3 is 9.80 Å². The minimum atomic E-state index is -4.48. The molecule has 3 rings (SSSR count). The first-order chi connectivity index (χ1) is 11.8. The fraction of sp³-hybridized carbons (Fsp3) is 0.500. The van der Waals surface area contributed by atoms with Gasteiger partial charge in [0.05, 0.1) is 6.20 Å². The highest BCUT2D eigenvalue weighted by Crippen LogP contribution is 2.31. The number of halogens is 3. The molecular formula is C16H19F3N6. The molecular weight excluding hydrogens is 333 g/mol. The van der Waals surface area contributed by atoms with Crippen LogP contribution in [0.25, 0.3) is 0 Å². The first kappa shape index (κ1) is 17.4. The third kappa shape index (κ3) is 3.97. The molecule has 2 aromatic heterocycles. The van der Waals surface area contributed by atoms with E-state index in [0.29, 0.717) is 31.9 Å². The van der Waals surface area contributed by atoms with E-state index in [1.807, 2.05) is 18.7 Å². The third-order valence-corrected chi connectivity index (χ3v) is 4.05. The summed E-state index contributed by atoms with van der Waals surface area (Å²) in [6.45, 7) is 5.92. The maximum Gasteiger partial charge on any atom is 0.433 e. The second kappa shape index (κ2) is 6.81. The van der Waals surface area contributed by atoms with Gasteiger partial charge in [0, 0.05) is 44.3 Å². The largest absolute Gasteiger partial charge is 0.433 e. The zero-order valence-corrected chi connectivity index (χ0v) is 14.0. The van der Waals surface area contributed by atoms with Crippen LogP contribution in [0.3, 0.4) is 0 Å². The van der Waals surface area contributed by atoms with E-state index in [-0.39, 0.29) is 11.9 Å². The topological polar surface area (TPSA) is 58.0 Å². The van der Waals surface area contributed by atoms with Gasteiger partial charge in [0.25, 0.3) is 0 Å². The zero-order chi connectivity index (χ0) is 18.0. The molecule has 0 saturated carbocycles. The Morgan fingerprint density at radius 3 is 2.24 bits per heavy atom. The number of nitrogens with zero attached hydrogens (tertiary/aromatic N) is 6. The number of alkyl halides is 3. The van der Waals surface area contributed by atoms with Crippen LogP contribution < -0.4 is 9.80 Å². The quantitative estimate of drug-likeness (QED) is 0.847. The van der Waals surface area contributed by atoms with E-state index in [4.69, 9.17) is 0 Å². The number of aromatic nitrogens is 4. The monoisotopic (exact) mass is 352 g/mol. The van der Waals surface area contributed by atoms with Crippen molar-refractivity contribution in [3.05, 3.63) is 36.0 Å². The Morgan fingerprint density at radius 1 is 1.00 bits per heavy atom. The summed E-state index contributed by atoms with van der Waals surface area (Å²) in [4.78, 5) is 20.2. The van der Waals surface area contributed by atoms with E-state index in [0.717, 1.165) is 11.9 Å². The van der Waals surface area contributed by atoms with Crippen molar-refractivity contribution in [3.63, 3.8) is 0 Å². The Labute approximate surface area is 143 Å². The fourth-order valence-corrected chi connectivity index (χ4v) is 2.63. The van der Waals surface area contributed by atoms with Crippen LogP contribution in [0.5, 0.6) is 0 Å². The number of hydrogen-bond acceptors (Lipinski definition) is 6. The Bertz CT molecular complexity index is 712. The Kier molecular flexibility index (Phi) is 4.73. The van der Waals surface area contributed by atoms with Crippen LogP contribution in [0.1, 0.15) is 31.2 Å². The van der Waals surface area contributed by atoms with Crippen LogP contribution >= 0.6 is 0 Å². The molecule has 1 fully saturated rings. The molecule has 3 heterocycles. The number of hydrogen-bond donors (Lipinski definition) is 0. The Morgan fingerprint density at radius 2 is 1.68 bits per heavy atom. The SMILES string of the molecule is CC(C)c1cc(C(F)(F)F)nc(N2CCN(c3cnccn3)CC2)n1. The van der Waals surface area contributed by atoms with Gasteiger partial charge >= 0.3 is 6.18 Å². The molecule has 1 aliphatic heterocycles. The van der Waals surface area contributed by atoms with Crippen LogP contribution in [0.2, 0.25) is 0 Å². The van der Waals surface area contributed by atoms with Crippen molar-refractivity contribution < 1.29 is 13.2 Å². The van der Waals surface area contributed by atoms with Crippen LogP contribution in [-0.2, 0) is 6.18 Å². The van der Waals surface area contributed by atoms with Crippen molar-refractivity contribution in [2.75, 3.05) is 36.0 Å². The highest BCUT2D eigenvalue weighted by atomic mass is 19.4.